The van der Waals surface area contributed by atoms with Gasteiger partial charge in [0.05, 0.1) is 18.8 Å². The molecule has 0 saturated heterocycles. The largest absolute Gasteiger partial charge is 0.467 e. The van der Waals surface area contributed by atoms with Crippen molar-refractivity contribution in [1.29, 1.82) is 0 Å². The number of likely N-dealkylation sites (N-methyl/N-ethyl adjacent to an activating group) is 1. The van der Waals surface area contributed by atoms with E-state index in [0.717, 1.165) is 0 Å². The Morgan fingerprint density at radius 1 is 1.29 bits per heavy atom. The lowest BCUT2D eigenvalue weighted by Crippen LogP contribution is -2.39. The van der Waals surface area contributed by atoms with Gasteiger partial charge in [-0.3, -0.25) is 4.79 Å². The second-order valence-electron chi connectivity index (χ2n) is 5.55. The summed E-state index contributed by atoms with van der Waals surface area (Å²) in [6, 6.07) is 9.82. The molecule has 1 N–H and O–H groups in total. The molecule has 8 heteroatoms. The highest BCUT2D eigenvalue weighted by atomic mass is 32.2. The number of amides is 1. The van der Waals surface area contributed by atoms with Crippen LogP contribution in [0.5, 0.6) is 0 Å². The van der Waals surface area contributed by atoms with Crippen molar-refractivity contribution in [3.8, 4) is 0 Å². The van der Waals surface area contributed by atoms with E-state index >= 15 is 0 Å². The Balaban J connectivity index is 1.72. The molecular formula is C16H17N3O4S. The molecule has 0 radical (unpaired) electrons. The van der Waals surface area contributed by atoms with E-state index < -0.39 is 10.0 Å². The van der Waals surface area contributed by atoms with Gasteiger partial charge in [-0.2, -0.15) is 8.42 Å². The third-order valence-electron chi connectivity index (χ3n) is 3.70. The third kappa shape index (κ3) is 3.05. The average molecular weight is 347 g/mol. The number of sulfonamides is 1. The maximum Gasteiger partial charge on any atom is 0.285 e. The summed E-state index contributed by atoms with van der Waals surface area (Å²) in [4.78, 5) is 13.9. The van der Waals surface area contributed by atoms with Crippen LogP contribution >= 0.6 is 0 Å². The number of nitrogens with one attached hydrogen (secondary N) is 1. The van der Waals surface area contributed by atoms with Gasteiger partial charge in [-0.15, -0.1) is 4.40 Å². The molecule has 1 amide bonds. The fourth-order valence-corrected chi connectivity index (χ4v) is 3.80. The van der Waals surface area contributed by atoms with Crippen molar-refractivity contribution < 1.29 is 17.6 Å². The molecule has 0 spiro atoms. The maximum atomic E-state index is 12.2. The van der Waals surface area contributed by atoms with Gasteiger partial charge in [-0.1, -0.05) is 12.1 Å². The number of fused-ring (bicyclic) bond motifs is 1. The Hall–Kier alpha value is -2.61. The molecular weight excluding hydrogens is 330 g/mol. The van der Waals surface area contributed by atoms with Gasteiger partial charge in [-0.25, -0.2) is 0 Å². The molecule has 1 aliphatic rings. The van der Waals surface area contributed by atoms with Crippen molar-refractivity contribution in [2.45, 2.75) is 17.9 Å². The van der Waals surface area contributed by atoms with Crippen LogP contribution in [0.3, 0.4) is 0 Å². The Morgan fingerprint density at radius 3 is 2.75 bits per heavy atom. The van der Waals surface area contributed by atoms with E-state index in [9.17, 15) is 13.2 Å². The van der Waals surface area contributed by atoms with Gasteiger partial charge in [0, 0.05) is 12.6 Å². The minimum atomic E-state index is -3.69. The predicted octanol–water partition coefficient (Wildman–Crippen LogP) is 1.54. The highest BCUT2D eigenvalue weighted by Crippen LogP contribution is 2.26. The van der Waals surface area contributed by atoms with E-state index in [1.54, 1.807) is 43.6 Å². The Bertz CT molecular complexity index is 888. The molecule has 24 heavy (non-hydrogen) atoms. The zero-order valence-electron chi connectivity index (χ0n) is 13.3. The first-order chi connectivity index (χ1) is 11.4. The second kappa shape index (κ2) is 6.12. The lowest BCUT2D eigenvalue weighted by Gasteiger charge is -2.20. The summed E-state index contributed by atoms with van der Waals surface area (Å²) >= 11 is 0. The zero-order valence-corrected chi connectivity index (χ0v) is 14.1. The van der Waals surface area contributed by atoms with E-state index in [-0.39, 0.29) is 29.2 Å². The topological polar surface area (TPSA) is 92.0 Å². The third-order valence-corrected chi connectivity index (χ3v) is 5.03. The van der Waals surface area contributed by atoms with E-state index in [1.807, 2.05) is 6.92 Å². The highest BCUT2D eigenvalue weighted by molar-refractivity contribution is 7.90. The Labute approximate surface area is 140 Å². The number of hydrogen-bond donors (Lipinski definition) is 1. The van der Waals surface area contributed by atoms with Crippen LogP contribution in [-0.2, 0) is 14.8 Å². The van der Waals surface area contributed by atoms with E-state index in [4.69, 9.17) is 4.42 Å². The summed E-state index contributed by atoms with van der Waals surface area (Å²) < 4.78 is 33.1. The van der Waals surface area contributed by atoms with Crippen LogP contribution in [0.1, 0.15) is 24.3 Å². The molecule has 1 aliphatic heterocycles. The second-order valence-corrected chi connectivity index (χ2v) is 7.12. The smallest absolute Gasteiger partial charge is 0.285 e. The maximum absolute atomic E-state index is 12.2. The van der Waals surface area contributed by atoms with Gasteiger partial charge in [0.15, 0.2) is 5.84 Å². The van der Waals surface area contributed by atoms with Gasteiger partial charge in [-0.05, 0) is 31.2 Å². The molecule has 0 bridgehead atoms. The summed E-state index contributed by atoms with van der Waals surface area (Å²) in [7, 11) is -2.06. The normalized spacial score (nSPS) is 16.2. The minimum Gasteiger partial charge on any atom is -0.467 e. The molecule has 0 saturated carbocycles. The standard InChI is InChI=1S/C16H17N3O4S/c1-11(13-7-5-9-23-13)17-15(20)10-19(2)16-12-6-3-4-8-14(12)24(21,22)18-16/h3-9,11H,10H2,1-2H3,(H,17,20)/t11-/m1/s1. The van der Waals surface area contributed by atoms with Crippen molar-refractivity contribution in [2.24, 2.45) is 4.40 Å². The Morgan fingerprint density at radius 2 is 2.04 bits per heavy atom. The summed E-state index contributed by atoms with van der Waals surface area (Å²) in [6.45, 7) is 1.79. The van der Waals surface area contributed by atoms with Crippen LogP contribution in [0.2, 0.25) is 0 Å². The predicted molar refractivity (Wildman–Crippen MR) is 88.1 cm³/mol. The molecule has 1 atom stereocenters. The fourth-order valence-electron chi connectivity index (χ4n) is 2.55. The average Bonchev–Trinajstić information content (AvgIpc) is 3.14. The summed E-state index contributed by atoms with van der Waals surface area (Å²) in [5.74, 6) is 0.661. The lowest BCUT2D eigenvalue weighted by molar-refractivity contribution is -0.122. The number of furan rings is 1. The molecule has 1 aromatic heterocycles. The van der Waals surface area contributed by atoms with Crippen molar-refractivity contribution in [2.75, 3.05) is 13.6 Å². The molecule has 1 aromatic carbocycles. The number of carbonyl (C=O) groups excluding carboxylic acids is 1. The van der Waals surface area contributed by atoms with E-state index in [2.05, 4.69) is 9.71 Å². The van der Waals surface area contributed by atoms with Gasteiger partial charge in [0.25, 0.3) is 10.0 Å². The fraction of sp³-hybridized carbons (Fsp3) is 0.250. The van der Waals surface area contributed by atoms with Crippen LogP contribution < -0.4 is 5.32 Å². The molecule has 7 nitrogen and oxygen atoms in total. The van der Waals surface area contributed by atoms with Crippen molar-refractivity contribution >= 4 is 21.8 Å². The number of nitrogens with zero attached hydrogens (tertiary/aromatic N) is 2. The number of benzene rings is 1. The molecule has 0 aliphatic carbocycles. The first-order valence-electron chi connectivity index (χ1n) is 7.37. The van der Waals surface area contributed by atoms with Gasteiger partial charge >= 0.3 is 0 Å². The van der Waals surface area contributed by atoms with Crippen molar-refractivity contribution in [1.82, 2.24) is 10.2 Å². The van der Waals surface area contributed by atoms with Crippen LogP contribution in [0, 0.1) is 0 Å². The van der Waals surface area contributed by atoms with Crippen LogP contribution in [0.15, 0.2) is 56.4 Å². The van der Waals surface area contributed by atoms with Crippen LogP contribution in [0.4, 0.5) is 0 Å². The quantitative estimate of drug-likeness (QED) is 0.906. The summed E-state index contributed by atoms with van der Waals surface area (Å²) in [6.07, 6.45) is 1.54. The van der Waals surface area contributed by atoms with Crippen molar-refractivity contribution in [3.05, 3.63) is 54.0 Å². The highest BCUT2D eigenvalue weighted by Gasteiger charge is 2.31. The first-order valence-corrected chi connectivity index (χ1v) is 8.81. The first kappa shape index (κ1) is 16.3. The van der Waals surface area contributed by atoms with Crippen LogP contribution in [0.25, 0.3) is 0 Å². The van der Waals surface area contributed by atoms with Gasteiger partial charge in [0.2, 0.25) is 5.91 Å². The number of hydrogen-bond acceptors (Lipinski definition) is 5. The monoisotopic (exact) mass is 347 g/mol. The molecule has 2 heterocycles. The molecule has 0 unspecified atom stereocenters. The zero-order chi connectivity index (χ0) is 17.3. The van der Waals surface area contributed by atoms with Crippen molar-refractivity contribution in [3.63, 3.8) is 0 Å². The lowest BCUT2D eigenvalue weighted by atomic mass is 10.2. The van der Waals surface area contributed by atoms with E-state index in [0.29, 0.717) is 11.3 Å². The molecule has 2 aromatic rings. The SMILES string of the molecule is C[C@@H](NC(=O)CN(C)C1=NS(=O)(=O)c2ccccc21)c1ccco1. The summed E-state index contributed by atoms with van der Waals surface area (Å²) in [5.41, 5.74) is 0.506. The number of rotatable bonds is 4. The van der Waals surface area contributed by atoms with Gasteiger partial charge < -0.3 is 14.6 Å². The number of carbonyl (C=O) groups is 1. The van der Waals surface area contributed by atoms with E-state index in [1.165, 1.54) is 11.0 Å². The summed E-state index contributed by atoms with van der Waals surface area (Å²) in [5, 5.41) is 2.80. The number of amidine groups is 1. The Kier molecular flexibility index (Phi) is 4.15. The van der Waals surface area contributed by atoms with Gasteiger partial charge in [0.1, 0.15) is 10.7 Å². The molecule has 126 valence electrons. The molecule has 0 fully saturated rings. The van der Waals surface area contributed by atoms with Crippen LogP contribution in [-0.4, -0.2) is 38.7 Å². The molecule has 3 rings (SSSR count). The minimum absolute atomic E-state index is 0.0201.